The Bertz CT molecular complexity index is 2750. The fourth-order valence-electron chi connectivity index (χ4n) is 9.27. The van der Waals surface area contributed by atoms with Crippen molar-refractivity contribution in [1.29, 1.82) is 0 Å². The number of β-amino-alcohol motifs (C(OH)–C–C–N with tert-alkyl or cyclic N) is 1. The summed E-state index contributed by atoms with van der Waals surface area (Å²) in [5.74, 6) is 7.48. The van der Waals surface area contributed by atoms with Crippen molar-refractivity contribution in [3.05, 3.63) is 155 Å². The summed E-state index contributed by atoms with van der Waals surface area (Å²) in [7, 11) is 1.28. The van der Waals surface area contributed by atoms with Crippen molar-refractivity contribution >= 4 is 23.9 Å². The van der Waals surface area contributed by atoms with Crippen LogP contribution < -0.4 is 10.6 Å². The summed E-state index contributed by atoms with van der Waals surface area (Å²) < 4.78 is 4.83. The SMILES string of the molecule is COC(=O)NC(C(=O)N1CCCC1c1ncc(-c2ccc(C#Cc3ccc(-c4cnc(C5CCCN5C(=O)C(NC(=O)N5CCCC(O)C5)c5ccccc5)[nH]4)cc3)cc2)[nH]1)c1ccccc1. The zero-order chi connectivity index (χ0) is 46.3. The number of nitrogens with one attached hydrogen (secondary N) is 4. The first-order valence-electron chi connectivity index (χ1n) is 22.8. The second-order valence-corrected chi connectivity index (χ2v) is 17.2. The molecular weight excluding hydrogens is 847 g/mol. The van der Waals surface area contributed by atoms with Crippen LogP contribution in [0.3, 0.4) is 0 Å². The first-order chi connectivity index (χ1) is 32.7. The van der Waals surface area contributed by atoms with Crippen LogP contribution in [0.5, 0.6) is 0 Å². The molecule has 5 atom stereocenters. The molecule has 5 unspecified atom stereocenters. The number of aromatic amines is 2. The van der Waals surface area contributed by atoms with Crippen LogP contribution in [0.25, 0.3) is 22.5 Å². The van der Waals surface area contributed by atoms with Crippen molar-refractivity contribution < 1.29 is 29.0 Å². The number of alkyl carbamates (subject to hydrolysis) is 1. The molecule has 5 amide bonds. The lowest BCUT2D eigenvalue weighted by Gasteiger charge is -2.33. The number of imidazole rings is 2. The van der Waals surface area contributed by atoms with Crippen LogP contribution in [0.4, 0.5) is 9.59 Å². The van der Waals surface area contributed by atoms with E-state index >= 15 is 0 Å². The summed E-state index contributed by atoms with van der Waals surface area (Å²) in [6, 6.07) is 31.6. The van der Waals surface area contributed by atoms with Gasteiger partial charge in [-0.15, -0.1) is 0 Å². The summed E-state index contributed by atoms with van der Waals surface area (Å²) in [5, 5.41) is 15.9. The van der Waals surface area contributed by atoms with Crippen molar-refractivity contribution in [2.24, 2.45) is 0 Å². The van der Waals surface area contributed by atoms with Crippen LogP contribution in [0, 0.1) is 11.8 Å². The summed E-state index contributed by atoms with van der Waals surface area (Å²) in [5.41, 5.74) is 6.56. The van der Waals surface area contributed by atoms with E-state index in [0.29, 0.717) is 55.3 Å². The van der Waals surface area contributed by atoms with Crippen molar-refractivity contribution in [2.75, 3.05) is 33.3 Å². The lowest BCUT2D eigenvalue weighted by Crippen LogP contribution is -2.51. The maximum atomic E-state index is 14.3. The van der Waals surface area contributed by atoms with Gasteiger partial charge < -0.3 is 45.1 Å². The Morgan fingerprint density at radius 1 is 0.642 bits per heavy atom. The molecule has 3 fully saturated rings. The van der Waals surface area contributed by atoms with Gasteiger partial charge in [0.15, 0.2) is 0 Å². The van der Waals surface area contributed by atoms with Gasteiger partial charge in [0, 0.05) is 37.3 Å². The molecule has 0 aliphatic carbocycles. The molecule has 15 nitrogen and oxygen atoms in total. The molecule has 0 spiro atoms. The first kappa shape index (κ1) is 44.5. The number of piperidine rings is 1. The largest absolute Gasteiger partial charge is 0.453 e. The molecular formula is C52H53N9O6. The predicted molar refractivity (Wildman–Crippen MR) is 251 cm³/mol. The van der Waals surface area contributed by atoms with Crippen LogP contribution in [0.2, 0.25) is 0 Å². The molecule has 3 saturated heterocycles. The number of aliphatic hydroxyl groups excluding tert-OH is 1. The van der Waals surface area contributed by atoms with E-state index in [4.69, 9.17) is 9.72 Å². The third-order valence-corrected chi connectivity index (χ3v) is 12.8. The summed E-state index contributed by atoms with van der Waals surface area (Å²) in [6.07, 6.45) is 6.77. The highest BCUT2D eigenvalue weighted by molar-refractivity contribution is 5.89. The van der Waals surface area contributed by atoms with E-state index in [9.17, 15) is 24.3 Å². The Labute approximate surface area is 389 Å². The molecule has 3 aliphatic heterocycles. The number of rotatable bonds is 10. The number of aliphatic hydroxyl groups is 1. The second-order valence-electron chi connectivity index (χ2n) is 17.2. The molecule has 0 saturated carbocycles. The van der Waals surface area contributed by atoms with Crippen LogP contribution in [-0.2, 0) is 14.3 Å². The van der Waals surface area contributed by atoms with Gasteiger partial charge in [-0.3, -0.25) is 9.59 Å². The number of urea groups is 1. The van der Waals surface area contributed by atoms with Crippen molar-refractivity contribution in [3.8, 4) is 34.4 Å². The quantitative estimate of drug-likeness (QED) is 0.0893. The van der Waals surface area contributed by atoms with Gasteiger partial charge in [-0.25, -0.2) is 19.6 Å². The van der Waals surface area contributed by atoms with Gasteiger partial charge in [0.25, 0.3) is 5.91 Å². The number of benzene rings is 4. The van der Waals surface area contributed by atoms with E-state index in [2.05, 4.69) is 37.4 Å². The zero-order valence-corrected chi connectivity index (χ0v) is 37.2. The standard InChI is InChI=1S/C52H53N9O6/c1-67-52(66)58-46(39-13-6-3-7-14-39)50(64)61-30-10-17-44(61)48-54-32-42(56-48)37-26-22-35(23-27-37)19-18-34-20-24-36(25-21-34)41-31-53-47(55-41)43-16-9-29-60(43)49(63)45(38-11-4-2-5-12-38)57-51(65)59-28-8-15-40(62)33-59/h2-7,11-14,20-27,31-32,40,43-46,62H,8-10,15-17,28-30,33H2,1H3,(H,53,55)(H,54,56)(H,57,65)(H,58,66). The third-order valence-electron chi connectivity index (χ3n) is 12.8. The maximum absolute atomic E-state index is 14.3. The van der Waals surface area contributed by atoms with Crippen LogP contribution in [0.15, 0.2) is 122 Å². The smallest absolute Gasteiger partial charge is 0.407 e. The lowest BCUT2D eigenvalue weighted by molar-refractivity contribution is -0.135. The molecule has 5 heterocycles. The number of nitrogens with zero attached hydrogens (tertiary/aromatic N) is 5. The van der Waals surface area contributed by atoms with E-state index in [0.717, 1.165) is 59.3 Å². The van der Waals surface area contributed by atoms with Crippen LogP contribution in [0.1, 0.15) is 96.6 Å². The molecule has 6 aromatic rings. The number of likely N-dealkylation sites (tertiary alicyclic amines) is 3. The molecule has 15 heteroatoms. The van der Waals surface area contributed by atoms with E-state index < -0.39 is 24.3 Å². The Morgan fingerprint density at radius 3 is 1.57 bits per heavy atom. The number of methoxy groups -OCH3 is 1. The van der Waals surface area contributed by atoms with Gasteiger partial charge in [-0.2, -0.15) is 0 Å². The highest BCUT2D eigenvalue weighted by Gasteiger charge is 2.39. The van der Waals surface area contributed by atoms with Gasteiger partial charge in [0.1, 0.15) is 23.7 Å². The Kier molecular flexibility index (Phi) is 13.4. The highest BCUT2D eigenvalue weighted by atomic mass is 16.5. The Morgan fingerprint density at radius 2 is 1.10 bits per heavy atom. The number of carbonyl (C=O) groups is 4. The maximum Gasteiger partial charge on any atom is 0.407 e. The molecule has 5 N–H and O–H groups in total. The number of hydrogen-bond donors (Lipinski definition) is 5. The molecule has 67 heavy (non-hydrogen) atoms. The van der Waals surface area contributed by atoms with Crippen LogP contribution >= 0.6 is 0 Å². The van der Waals surface area contributed by atoms with Gasteiger partial charge in [-0.1, -0.05) is 96.8 Å². The normalized spacial score (nSPS) is 19.0. The predicted octanol–water partition coefficient (Wildman–Crippen LogP) is 7.20. The van der Waals surface area contributed by atoms with Crippen molar-refractivity contribution in [2.45, 2.75) is 68.8 Å². The van der Waals surface area contributed by atoms with E-state index in [-0.39, 0.29) is 36.5 Å². The average molecular weight is 900 g/mol. The minimum absolute atomic E-state index is 0.197. The number of hydrogen-bond acceptors (Lipinski definition) is 8. The molecule has 2 aromatic heterocycles. The lowest BCUT2D eigenvalue weighted by atomic mass is 10.0. The first-order valence-corrected chi connectivity index (χ1v) is 22.8. The summed E-state index contributed by atoms with van der Waals surface area (Å²) in [4.78, 5) is 75.3. The highest BCUT2D eigenvalue weighted by Crippen LogP contribution is 2.36. The van der Waals surface area contributed by atoms with Gasteiger partial charge in [0.05, 0.1) is 49.1 Å². The monoisotopic (exact) mass is 899 g/mol. The number of carbonyl (C=O) groups excluding carboxylic acids is 4. The Balaban J connectivity index is 0.829. The number of H-pyrrole nitrogens is 2. The Hall–Kier alpha value is -7.70. The average Bonchev–Trinajstić information content (AvgIpc) is 4.23. The molecule has 0 bridgehead atoms. The van der Waals surface area contributed by atoms with E-state index in [1.807, 2.05) is 114 Å². The second kappa shape index (κ2) is 20.2. The summed E-state index contributed by atoms with van der Waals surface area (Å²) >= 11 is 0. The summed E-state index contributed by atoms with van der Waals surface area (Å²) in [6.45, 7) is 1.86. The minimum atomic E-state index is -0.889. The number of ether oxygens (including phenoxy) is 1. The molecule has 342 valence electrons. The number of amides is 5. The molecule has 4 aromatic carbocycles. The van der Waals surface area contributed by atoms with E-state index in [1.165, 1.54) is 7.11 Å². The molecule has 3 aliphatic rings. The van der Waals surface area contributed by atoms with Gasteiger partial charge in [-0.05, 0) is 85.0 Å². The van der Waals surface area contributed by atoms with Crippen molar-refractivity contribution in [3.63, 3.8) is 0 Å². The number of aromatic nitrogens is 4. The van der Waals surface area contributed by atoms with Gasteiger partial charge >= 0.3 is 12.1 Å². The van der Waals surface area contributed by atoms with Crippen molar-refractivity contribution in [1.82, 2.24) is 45.3 Å². The fraction of sp³-hybridized carbons (Fsp3) is 0.308. The molecule has 0 radical (unpaired) electrons. The van der Waals surface area contributed by atoms with E-state index in [1.54, 1.807) is 22.2 Å². The van der Waals surface area contributed by atoms with Crippen LogP contribution in [-0.4, -0.2) is 103 Å². The molecule has 9 rings (SSSR count). The topological polar surface area (TPSA) is 189 Å². The zero-order valence-electron chi connectivity index (χ0n) is 37.2. The fourth-order valence-corrected chi connectivity index (χ4v) is 9.27. The van der Waals surface area contributed by atoms with Gasteiger partial charge in [0.2, 0.25) is 5.91 Å². The minimum Gasteiger partial charge on any atom is -0.453 e. The third kappa shape index (κ3) is 10.1.